The first-order valence-corrected chi connectivity index (χ1v) is 6.66. The second kappa shape index (κ2) is 5.41. The van der Waals surface area contributed by atoms with Gasteiger partial charge < -0.3 is 16.2 Å². The van der Waals surface area contributed by atoms with Crippen LogP contribution in [0.2, 0.25) is 5.02 Å². The van der Waals surface area contributed by atoms with E-state index in [0.29, 0.717) is 12.1 Å². The van der Waals surface area contributed by atoms with Gasteiger partial charge in [0.05, 0.1) is 26.7 Å². The third-order valence-corrected chi connectivity index (χ3v) is 4.15. The Morgan fingerprint density at radius 1 is 1.55 bits per heavy atom. The van der Waals surface area contributed by atoms with E-state index in [4.69, 9.17) is 22.4 Å². The van der Waals surface area contributed by atoms with Crippen LogP contribution in [0, 0.1) is 11.7 Å². The SMILES string of the molecule is NC1=CC(C(=O)Nc2c(C(=O)O)cc(Cl)c(Br)c2F)C1. The zero-order valence-corrected chi connectivity index (χ0v) is 12.3. The van der Waals surface area contributed by atoms with Gasteiger partial charge in [0.25, 0.3) is 0 Å². The second-order valence-corrected chi connectivity index (χ2v) is 5.46. The largest absolute Gasteiger partial charge is 0.478 e. The molecule has 1 unspecified atom stereocenters. The molecule has 0 aromatic heterocycles. The molecule has 0 aliphatic heterocycles. The number of carboxylic acids is 1. The summed E-state index contributed by atoms with van der Waals surface area (Å²) in [6.07, 6.45) is 1.89. The summed E-state index contributed by atoms with van der Waals surface area (Å²) in [4.78, 5) is 22.9. The molecule has 106 valence electrons. The molecule has 0 saturated heterocycles. The summed E-state index contributed by atoms with van der Waals surface area (Å²) >= 11 is 8.60. The van der Waals surface area contributed by atoms with Gasteiger partial charge in [-0.25, -0.2) is 9.18 Å². The minimum absolute atomic E-state index is 0.0920. The van der Waals surface area contributed by atoms with Gasteiger partial charge in [-0.05, 0) is 22.0 Å². The van der Waals surface area contributed by atoms with E-state index in [1.165, 1.54) is 6.08 Å². The summed E-state index contributed by atoms with van der Waals surface area (Å²) in [5, 5.41) is 11.2. The van der Waals surface area contributed by atoms with Crippen LogP contribution in [0.4, 0.5) is 10.1 Å². The van der Waals surface area contributed by atoms with Gasteiger partial charge in [-0.1, -0.05) is 17.7 Å². The highest BCUT2D eigenvalue weighted by atomic mass is 79.9. The lowest BCUT2D eigenvalue weighted by Crippen LogP contribution is -2.30. The van der Waals surface area contributed by atoms with Gasteiger partial charge in [0.2, 0.25) is 5.91 Å². The van der Waals surface area contributed by atoms with E-state index in [-0.39, 0.29) is 9.50 Å². The van der Waals surface area contributed by atoms with Crippen LogP contribution < -0.4 is 11.1 Å². The van der Waals surface area contributed by atoms with Crippen molar-refractivity contribution in [1.82, 2.24) is 0 Å². The minimum Gasteiger partial charge on any atom is -0.478 e. The molecule has 0 bridgehead atoms. The van der Waals surface area contributed by atoms with Crippen molar-refractivity contribution in [3.8, 4) is 0 Å². The fraction of sp³-hybridized carbons (Fsp3) is 0.167. The topological polar surface area (TPSA) is 92.4 Å². The normalized spacial score (nSPS) is 17.1. The number of halogens is 3. The Morgan fingerprint density at radius 2 is 2.15 bits per heavy atom. The molecule has 0 fully saturated rings. The van der Waals surface area contributed by atoms with Crippen molar-refractivity contribution >= 4 is 45.1 Å². The number of carbonyl (C=O) groups excluding carboxylic acids is 1. The number of nitrogens with two attached hydrogens (primary N) is 1. The Hall–Kier alpha value is -1.60. The van der Waals surface area contributed by atoms with Crippen LogP contribution in [-0.2, 0) is 4.79 Å². The van der Waals surface area contributed by atoms with Crippen molar-refractivity contribution in [2.75, 3.05) is 5.32 Å². The molecule has 1 aromatic rings. The lowest BCUT2D eigenvalue weighted by atomic mass is 9.91. The van der Waals surface area contributed by atoms with Gasteiger partial charge in [0.1, 0.15) is 0 Å². The number of anilines is 1. The molecule has 1 aliphatic carbocycles. The van der Waals surface area contributed by atoms with Crippen LogP contribution in [0.5, 0.6) is 0 Å². The summed E-state index contributed by atoms with van der Waals surface area (Å²) < 4.78 is 13.9. The predicted molar refractivity (Wildman–Crippen MR) is 75.1 cm³/mol. The van der Waals surface area contributed by atoms with Gasteiger partial charge in [0, 0.05) is 12.1 Å². The zero-order valence-electron chi connectivity index (χ0n) is 9.91. The predicted octanol–water partition coefficient (Wildman–Crippen LogP) is 2.74. The quantitative estimate of drug-likeness (QED) is 0.720. The van der Waals surface area contributed by atoms with E-state index in [0.717, 1.165) is 6.07 Å². The number of carbonyl (C=O) groups is 2. The maximum Gasteiger partial charge on any atom is 0.337 e. The molecule has 5 nitrogen and oxygen atoms in total. The van der Waals surface area contributed by atoms with E-state index in [9.17, 15) is 14.0 Å². The Balaban J connectivity index is 2.37. The van der Waals surface area contributed by atoms with Gasteiger partial charge in [-0.3, -0.25) is 4.79 Å². The fourth-order valence-corrected chi connectivity index (χ4v) is 2.25. The Labute approximate surface area is 126 Å². The van der Waals surface area contributed by atoms with Crippen LogP contribution in [0.3, 0.4) is 0 Å². The highest BCUT2D eigenvalue weighted by Gasteiger charge is 2.28. The molecule has 0 heterocycles. The maximum absolute atomic E-state index is 14.1. The Kier molecular flexibility index (Phi) is 4.01. The zero-order chi connectivity index (χ0) is 15.0. The monoisotopic (exact) mass is 362 g/mol. The highest BCUT2D eigenvalue weighted by Crippen LogP contribution is 2.34. The third kappa shape index (κ3) is 2.64. The van der Waals surface area contributed by atoms with Gasteiger partial charge in [0.15, 0.2) is 5.82 Å². The molecule has 8 heteroatoms. The summed E-state index contributed by atoms with van der Waals surface area (Å²) in [5.74, 6) is -3.32. The number of allylic oxidation sites excluding steroid dienone is 1. The number of benzene rings is 1. The summed E-state index contributed by atoms with van der Waals surface area (Å²) in [7, 11) is 0. The summed E-state index contributed by atoms with van der Waals surface area (Å²) in [6, 6.07) is 1.07. The van der Waals surface area contributed by atoms with Crippen molar-refractivity contribution in [2.24, 2.45) is 11.7 Å². The van der Waals surface area contributed by atoms with Crippen molar-refractivity contribution in [3.63, 3.8) is 0 Å². The molecular weight excluding hydrogens is 354 g/mol. The smallest absolute Gasteiger partial charge is 0.337 e. The maximum atomic E-state index is 14.1. The first kappa shape index (κ1) is 14.8. The standard InChI is InChI=1S/C12H9BrClFN2O3/c13-8-7(14)3-6(12(19)20)10(9(8)15)17-11(18)4-1-5(16)2-4/h1,3-4H,2,16H2,(H,17,18)(H,19,20). The number of rotatable bonds is 3. The first-order valence-electron chi connectivity index (χ1n) is 5.49. The summed E-state index contributed by atoms with van der Waals surface area (Å²) in [6.45, 7) is 0. The molecule has 4 N–H and O–H groups in total. The van der Waals surface area contributed by atoms with E-state index >= 15 is 0 Å². The third-order valence-electron chi connectivity index (χ3n) is 2.85. The van der Waals surface area contributed by atoms with Gasteiger partial charge >= 0.3 is 5.97 Å². The Morgan fingerprint density at radius 3 is 2.65 bits per heavy atom. The lowest BCUT2D eigenvalue weighted by molar-refractivity contribution is -0.119. The van der Waals surface area contributed by atoms with E-state index in [1.54, 1.807) is 0 Å². The van der Waals surface area contributed by atoms with Crippen molar-refractivity contribution < 1.29 is 19.1 Å². The molecule has 2 rings (SSSR count). The van der Waals surface area contributed by atoms with Crippen molar-refractivity contribution in [2.45, 2.75) is 6.42 Å². The molecule has 20 heavy (non-hydrogen) atoms. The van der Waals surface area contributed by atoms with Crippen molar-refractivity contribution in [3.05, 3.63) is 38.7 Å². The van der Waals surface area contributed by atoms with Crippen LogP contribution in [0.15, 0.2) is 22.3 Å². The van der Waals surface area contributed by atoms with Crippen LogP contribution in [0.25, 0.3) is 0 Å². The van der Waals surface area contributed by atoms with Gasteiger partial charge in [-0.2, -0.15) is 0 Å². The second-order valence-electron chi connectivity index (χ2n) is 4.26. The number of amides is 1. The number of hydrogen-bond acceptors (Lipinski definition) is 3. The average Bonchev–Trinajstić information content (AvgIpc) is 2.35. The molecule has 0 spiro atoms. The number of hydrogen-bond donors (Lipinski definition) is 3. The fourth-order valence-electron chi connectivity index (χ4n) is 1.75. The number of carboxylic acid groups (broad SMARTS) is 1. The van der Waals surface area contributed by atoms with Crippen LogP contribution in [0.1, 0.15) is 16.8 Å². The minimum atomic E-state index is -1.39. The van der Waals surface area contributed by atoms with Crippen molar-refractivity contribution in [1.29, 1.82) is 0 Å². The van der Waals surface area contributed by atoms with E-state index in [1.807, 2.05) is 0 Å². The lowest BCUT2D eigenvalue weighted by Gasteiger charge is -2.22. The highest BCUT2D eigenvalue weighted by molar-refractivity contribution is 9.10. The molecule has 0 saturated carbocycles. The molecular formula is C12H9BrClFN2O3. The molecule has 1 atom stereocenters. The number of nitrogens with one attached hydrogen (secondary N) is 1. The number of aromatic carboxylic acids is 1. The molecule has 1 amide bonds. The molecule has 0 radical (unpaired) electrons. The van der Waals surface area contributed by atoms with Crippen LogP contribution in [-0.4, -0.2) is 17.0 Å². The first-order chi connectivity index (χ1) is 9.31. The molecule has 1 aliphatic rings. The van der Waals surface area contributed by atoms with E-state index < -0.39 is 34.9 Å². The molecule has 1 aromatic carbocycles. The Bertz CT molecular complexity index is 648. The van der Waals surface area contributed by atoms with Crippen LogP contribution >= 0.6 is 27.5 Å². The van der Waals surface area contributed by atoms with E-state index in [2.05, 4.69) is 21.2 Å². The summed E-state index contributed by atoms with van der Waals surface area (Å²) in [5.41, 5.74) is 5.18. The van der Waals surface area contributed by atoms with Gasteiger partial charge in [-0.15, -0.1) is 0 Å². The average molecular weight is 364 g/mol.